The molecule has 0 radical (unpaired) electrons. The Morgan fingerprint density at radius 3 is 2.25 bits per heavy atom. The van der Waals surface area contributed by atoms with Gasteiger partial charge in [0.25, 0.3) is 0 Å². The van der Waals surface area contributed by atoms with Gasteiger partial charge < -0.3 is 9.47 Å². The minimum Gasteiger partial charge on any atom is -0.454 e. The highest BCUT2D eigenvalue weighted by molar-refractivity contribution is 7.98. The molecule has 0 aliphatic carbocycles. The fraction of sp³-hybridized carbons (Fsp3) is 0.0769. The molecule has 1 aromatic heterocycles. The molecule has 4 aromatic rings. The molecule has 0 saturated heterocycles. The van der Waals surface area contributed by atoms with E-state index in [2.05, 4.69) is 6.07 Å². The second kappa shape index (κ2) is 8.96. The summed E-state index contributed by atoms with van der Waals surface area (Å²) >= 11 is 7.96. The zero-order valence-corrected chi connectivity index (χ0v) is 18.5. The highest BCUT2D eigenvalue weighted by Gasteiger charge is 2.19. The smallest absolute Gasteiger partial charge is 0.231 e. The summed E-state index contributed by atoms with van der Waals surface area (Å²) in [6.45, 7) is 0.196. The van der Waals surface area contributed by atoms with Gasteiger partial charge in [-0.3, -0.25) is 0 Å². The second-order valence-electron chi connectivity index (χ2n) is 7.16. The molecule has 6 heteroatoms. The van der Waals surface area contributed by atoms with E-state index in [1.165, 1.54) is 11.8 Å². The summed E-state index contributed by atoms with van der Waals surface area (Å²) in [5.41, 5.74) is 5.11. The maximum atomic E-state index is 10.0. The zero-order chi connectivity index (χ0) is 21.9. The van der Waals surface area contributed by atoms with Crippen molar-refractivity contribution in [2.45, 2.75) is 10.8 Å². The Hall–Kier alpha value is -3.46. The number of thioether (sulfide) groups is 1. The van der Waals surface area contributed by atoms with Crippen molar-refractivity contribution in [3.8, 4) is 40.0 Å². The normalized spacial score (nSPS) is 11.9. The first-order valence-corrected chi connectivity index (χ1v) is 11.4. The second-order valence-corrected chi connectivity index (χ2v) is 8.54. The highest BCUT2D eigenvalue weighted by Crippen LogP contribution is 2.40. The first-order chi connectivity index (χ1) is 15.7. The molecule has 1 aliphatic rings. The Kier molecular flexibility index (Phi) is 5.72. The van der Waals surface area contributed by atoms with Gasteiger partial charge in [-0.1, -0.05) is 72.3 Å². The number of aromatic nitrogens is 1. The van der Waals surface area contributed by atoms with Gasteiger partial charge in [-0.15, -0.1) is 11.8 Å². The number of ether oxygens (including phenoxy) is 2. The van der Waals surface area contributed by atoms with E-state index in [1.54, 1.807) is 6.07 Å². The van der Waals surface area contributed by atoms with E-state index in [9.17, 15) is 5.26 Å². The third-order valence-electron chi connectivity index (χ3n) is 5.16. The minimum atomic E-state index is 0.196. The third-order valence-corrected chi connectivity index (χ3v) is 6.53. The number of hydrogen-bond acceptors (Lipinski definition) is 5. The summed E-state index contributed by atoms with van der Waals surface area (Å²) in [6, 6.07) is 27.9. The number of halogens is 1. The predicted octanol–water partition coefficient (Wildman–Crippen LogP) is 6.96. The molecular weight excluding hydrogens is 440 g/mol. The van der Waals surface area contributed by atoms with Crippen molar-refractivity contribution in [3.05, 3.63) is 95.0 Å². The highest BCUT2D eigenvalue weighted by atomic mass is 35.5. The van der Waals surface area contributed by atoms with E-state index < -0.39 is 0 Å². The maximum Gasteiger partial charge on any atom is 0.231 e. The van der Waals surface area contributed by atoms with Crippen molar-refractivity contribution in [2.75, 3.05) is 6.79 Å². The number of pyridine rings is 1. The van der Waals surface area contributed by atoms with Crippen LogP contribution in [0.2, 0.25) is 5.02 Å². The summed E-state index contributed by atoms with van der Waals surface area (Å²) in [7, 11) is 0. The molecule has 0 N–H and O–H groups in total. The van der Waals surface area contributed by atoms with Crippen molar-refractivity contribution in [1.82, 2.24) is 4.98 Å². The van der Waals surface area contributed by atoms with Crippen molar-refractivity contribution >= 4 is 23.4 Å². The van der Waals surface area contributed by atoms with Crippen LogP contribution >= 0.6 is 23.4 Å². The summed E-state index contributed by atoms with van der Waals surface area (Å²) in [5.74, 6) is 1.88. The quantitative estimate of drug-likeness (QED) is 0.304. The molecule has 32 heavy (non-hydrogen) atoms. The number of benzene rings is 3. The topological polar surface area (TPSA) is 55.1 Å². The van der Waals surface area contributed by atoms with Crippen LogP contribution in [0, 0.1) is 11.3 Å². The van der Waals surface area contributed by atoms with E-state index in [0.29, 0.717) is 32.9 Å². The van der Waals surface area contributed by atoms with Crippen LogP contribution in [0.3, 0.4) is 0 Å². The molecule has 3 aromatic carbocycles. The van der Waals surface area contributed by atoms with Crippen LogP contribution in [0.25, 0.3) is 22.4 Å². The Morgan fingerprint density at radius 2 is 1.56 bits per heavy atom. The monoisotopic (exact) mass is 456 g/mol. The number of nitriles is 1. The average molecular weight is 457 g/mol. The summed E-state index contributed by atoms with van der Waals surface area (Å²) < 4.78 is 10.9. The van der Waals surface area contributed by atoms with Gasteiger partial charge in [0.1, 0.15) is 11.1 Å². The fourth-order valence-electron chi connectivity index (χ4n) is 3.55. The number of rotatable bonds is 5. The molecule has 0 unspecified atom stereocenters. The van der Waals surface area contributed by atoms with Crippen molar-refractivity contribution in [2.24, 2.45) is 0 Å². The lowest BCUT2D eigenvalue weighted by atomic mass is 9.99. The Balaban J connectivity index is 1.57. The predicted molar refractivity (Wildman–Crippen MR) is 127 cm³/mol. The Bertz CT molecular complexity index is 1320. The molecule has 4 nitrogen and oxygen atoms in total. The third kappa shape index (κ3) is 4.03. The molecule has 0 saturated carbocycles. The number of hydrogen-bond donors (Lipinski definition) is 0. The van der Waals surface area contributed by atoms with Crippen LogP contribution in [-0.2, 0) is 5.75 Å². The van der Waals surface area contributed by atoms with Crippen LogP contribution in [0.4, 0.5) is 0 Å². The minimum absolute atomic E-state index is 0.196. The molecule has 0 bridgehead atoms. The SMILES string of the molecule is N#Cc1c(-c2ccccc2)cc(-c2ccccc2)nc1SCc1cc2c(cc1Cl)OCO2. The lowest BCUT2D eigenvalue weighted by Crippen LogP contribution is -1.96. The zero-order valence-electron chi connectivity index (χ0n) is 16.9. The molecule has 0 amide bonds. The van der Waals surface area contributed by atoms with Crippen molar-refractivity contribution in [3.63, 3.8) is 0 Å². The lowest BCUT2D eigenvalue weighted by Gasteiger charge is -2.13. The Morgan fingerprint density at radius 1 is 0.906 bits per heavy atom. The molecule has 156 valence electrons. The van der Waals surface area contributed by atoms with Gasteiger partial charge in [0.05, 0.1) is 11.3 Å². The number of fused-ring (bicyclic) bond motifs is 1. The van der Waals surface area contributed by atoms with Gasteiger partial charge >= 0.3 is 0 Å². The first kappa shape index (κ1) is 20.4. The van der Waals surface area contributed by atoms with Gasteiger partial charge in [-0.25, -0.2) is 4.98 Å². The largest absolute Gasteiger partial charge is 0.454 e. The molecular formula is C26H17ClN2O2S. The van der Waals surface area contributed by atoms with Crippen LogP contribution < -0.4 is 9.47 Å². The molecule has 5 rings (SSSR count). The standard InChI is InChI=1S/C26H17ClN2O2S/c27-22-13-25-24(30-16-31-25)11-19(22)15-32-26-21(14-28)20(17-7-3-1-4-8-17)12-23(29-26)18-9-5-2-6-10-18/h1-13H,15-16H2. The van der Waals surface area contributed by atoms with E-state index in [0.717, 1.165) is 27.9 Å². The van der Waals surface area contributed by atoms with Crippen molar-refractivity contribution < 1.29 is 9.47 Å². The maximum absolute atomic E-state index is 10.0. The Labute approximate surface area is 195 Å². The summed E-state index contributed by atoms with van der Waals surface area (Å²) in [4.78, 5) is 4.86. The van der Waals surface area contributed by atoms with Gasteiger partial charge in [0, 0.05) is 28.0 Å². The first-order valence-electron chi connectivity index (χ1n) is 10.00. The summed E-state index contributed by atoms with van der Waals surface area (Å²) in [6.07, 6.45) is 0. The fourth-order valence-corrected chi connectivity index (χ4v) is 4.85. The molecule has 2 heterocycles. The van der Waals surface area contributed by atoms with E-state index in [4.69, 9.17) is 26.1 Å². The molecule has 0 fully saturated rings. The lowest BCUT2D eigenvalue weighted by molar-refractivity contribution is 0.174. The van der Waals surface area contributed by atoms with Gasteiger partial charge in [0.15, 0.2) is 11.5 Å². The van der Waals surface area contributed by atoms with Crippen molar-refractivity contribution in [1.29, 1.82) is 5.26 Å². The van der Waals surface area contributed by atoms with Gasteiger partial charge in [0.2, 0.25) is 6.79 Å². The van der Waals surface area contributed by atoms with Gasteiger partial charge in [-0.05, 0) is 23.3 Å². The van der Waals surface area contributed by atoms with E-state index in [1.807, 2.05) is 72.8 Å². The van der Waals surface area contributed by atoms with E-state index in [-0.39, 0.29) is 6.79 Å². The molecule has 1 aliphatic heterocycles. The van der Waals surface area contributed by atoms with Crippen LogP contribution in [0.15, 0.2) is 83.9 Å². The molecule has 0 spiro atoms. The van der Waals surface area contributed by atoms with Gasteiger partial charge in [-0.2, -0.15) is 5.26 Å². The number of nitrogens with zero attached hydrogens (tertiary/aromatic N) is 2. The van der Waals surface area contributed by atoms with Crippen LogP contribution in [0.1, 0.15) is 11.1 Å². The average Bonchev–Trinajstić information content (AvgIpc) is 3.30. The van der Waals surface area contributed by atoms with Crippen LogP contribution in [-0.4, -0.2) is 11.8 Å². The van der Waals surface area contributed by atoms with Crippen LogP contribution in [0.5, 0.6) is 11.5 Å². The molecule has 0 atom stereocenters. The summed E-state index contributed by atoms with van der Waals surface area (Å²) in [5, 5.41) is 11.3. The van der Waals surface area contributed by atoms with E-state index >= 15 is 0 Å².